The van der Waals surface area contributed by atoms with Crippen LogP contribution in [-0.4, -0.2) is 33.2 Å². The monoisotopic (exact) mass is 405 g/mol. The third kappa shape index (κ3) is 4.03. The predicted octanol–water partition coefficient (Wildman–Crippen LogP) is 3.15. The smallest absolute Gasteiger partial charge is 0.262 e. The lowest BCUT2D eigenvalue weighted by atomic mass is 10.0. The van der Waals surface area contributed by atoms with Crippen molar-refractivity contribution in [1.82, 2.24) is 14.8 Å². The van der Waals surface area contributed by atoms with Crippen molar-refractivity contribution in [3.05, 3.63) is 65.0 Å². The second kappa shape index (κ2) is 7.98. The zero-order valence-corrected chi connectivity index (χ0v) is 17.1. The first kappa shape index (κ1) is 19.6. The molecule has 0 aliphatic carbocycles. The summed E-state index contributed by atoms with van der Waals surface area (Å²) in [5.41, 5.74) is 4.86. The SMILES string of the molecule is Cc1cc(C)c(NC(=O)COc2cccc(C3CC(=O)Nc4ncnn43)c2)c(C)c1. The molecule has 2 heterocycles. The fourth-order valence-electron chi connectivity index (χ4n) is 3.78. The van der Waals surface area contributed by atoms with Gasteiger partial charge in [-0.05, 0) is 49.6 Å². The van der Waals surface area contributed by atoms with Gasteiger partial charge in [-0.2, -0.15) is 10.1 Å². The van der Waals surface area contributed by atoms with Crippen LogP contribution in [0.1, 0.15) is 34.7 Å². The highest BCUT2D eigenvalue weighted by molar-refractivity contribution is 5.93. The molecule has 0 spiro atoms. The molecule has 3 aromatic rings. The van der Waals surface area contributed by atoms with Gasteiger partial charge in [0.05, 0.1) is 12.5 Å². The minimum absolute atomic E-state index is 0.115. The van der Waals surface area contributed by atoms with Crippen LogP contribution in [0.4, 0.5) is 11.6 Å². The predicted molar refractivity (Wildman–Crippen MR) is 113 cm³/mol. The van der Waals surface area contributed by atoms with Crippen LogP contribution in [0.15, 0.2) is 42.7 Å². The molecule has 1 aromatic heterocycles. The van der Waals surface area contributed by atoms with Crippen LogP contribution in [0.3, 0.4) is 0 Å². The summed E-state index contributed by atoms with van der Waals surface area (Å²) >= 11 is 0. The number of hydrogen-bond acceptors (Lipinski definition) is 5. The van der Waals surface area contributed by atoms with Crippen LogP contribution in [-0.2, 0) is 9.59 Å². The summed E-state index contributed by atoms with van der Waals surface area (Å²) in [5.74, 6) is 0.625. The van der Waals surface area contributed by atoms with Crippen molar-refractivity contribution in [2.45, 2.75) is 33.2 Å². The number of hydrogen-bond donors (Lipinski definition) is 2. The van der Waals surface area contributed by atoms with Gasteiger partial charge >= 0.3 is 0 Å². The molecular weight excluding hydrogens is 382 g/mol. The zero-order chi connectivity index (χ0) is 21.3. The molecule has 4 rings (SSSR count). The average Bonchev–Trinajstić information content (AvgIpc) is 3.17. The van der Waals surface area contributed by atoms with Crippen molar-refractivity contribution in [3.63, 3.8) is 0 Å². The van der Waals surface area contributed by atoms with Crippen molar-refractivity contribution >= 4 is 23.5 Å². The van der Waals surface area contributed by atoms with Crippen LogP contribution < -0.4 is 15.4 Å². The van der Waals surface area contributed by atoms with Gasteiger partial charge in [-0.15, -0.1) is 0 Å². The van der Waals surface area contributed by atoms with E-state index in [2.05, 4.69) is 20.7 Å². The molecule has 2 aromatic carbocycles. The van der Waals surface area contributed by atoms with E-state index in [1.807, 2.05) is 51.1 Å². The average molecular weight is 405 g/mol. The summed E-state index contributed by atoms with van der Waals surface area (Å²) in [6.07, 6.45) is 1.67. The molecule has 0 bridgehead atoms. The maximum Gasteiger partial charge on any atom is 0.262 e. The normalized spacial score (nSPS) is 15.3. The molecule has 2 amide bonds. The second-order valence-electron chi connectivity index (χ2n) is 7.48. The number of nitrogens with zero attached hydrogens (tertiary/aromatic N) is 3. The van der Waals surface area contributed by atoms with Gasteiger partial charge in [0.1, 0.15) is 12.1 Å². The lowest BCUT2D eigenvalue weighted by molar-refractivity contribution is -0.118. The number of benzene rings is 2. The number of amides is 2. The van der Waals surface area contributed by atoms with Gasteiger partial charge in [-0.1, -0.05) is 29.8 Å². The number of aryl methyl sites for hydroxylation is 3. The van der Waals surface area contributed by atoms with Crippen molar-refractivity contribution < 1.29 is 14.3 Å². The van der Waals surface area contributed by atoms with E-state index < -0.39 is 0 Å². The zero-order valence-electron chi connectivity index (χ0n) is 17.1. The van der Waals surface area contributed by atoms with Gasteiger partial charge < -0.3 is 10.1 Å². The first-order chi connectivity index (χ1) is 14.4. The van der Waals surface area contributed by atoms with E-state index in [-0.39, 0.29) is 30.9 Å². The van der Waals surface area contributed by atoms with Crippen LogP contribution in [0.5, 0.6) is 5.75 Å². The summed E-state index contributed by atoms with van der Waals surface area (Å²) in [7, 11) is 0. The van der Waals surface area contributed by atoms with Gasteiger partial charge in [0.2, 0.25) is 11.9 Å². The Morgan fingerprint density at radius 2 is 2.00 bits per heavy atom. The third-order valence-electron chi connectivity index (χ3n) is 5.05. The molecule has 0 saturated heterocycles. The minimum atomic E-state index is -0.272. The molecule has 0 saturated carbocycles. The van der Waals surface area contributed by atoms with E-state index in [0.29, 0.717) is 11.7 Å². The highest BCUT2D eigenvalue weighted by atomic mass is 16.5. The van der Waals surface area contributed by atoms with E-state index in [0.717, 1.165) is 27.9 Å². The number of carbonyl (C=O) groups excluding carboxylic acids is 2. The largest absolute Gasteiger partial charge is 0.484 e. The van der Waals surface area contributed by atoms with Crippen molar-refractivity contribution in [3.8, 4) is 5.75 Å². The Kier molecular flexibility index (Phi) is 5.22. The molecule has 2 N–H and O–H groups in total. The Labute approximate surface area is 174 Å². The number of aromatic nitrogens is 3. The van der Waals surface area contributed by atoms with Gasteiger partial charge in [0.15, 0.2) is 6.61 Å². The number of carbonyl (C=O) groups is 2. The highest BCUT2D eigenvalue weighted by Gasteiger charge is 2.27. The molecule has 1 aliphatic rings. The number of anilines is 2. The molecule has 1 unspecified atom stereocenters. The Balaban J connectivity index is 1.45. The molecule has 1 aliphatic heterocycles. The molecule has 8 nitrogen and oxygen atoms in total. The Morgan fingerprint density at radius 3 is 2.77 bits per heavy atom. The summed E-state index contributed by atoms with van der Waals surface area (Å²) in [6.45, 7) is 5.85. The fraction of sp³-hybridized carbons (Fsp3) is 0.273. The van der Waals surface area contributed by atoms with Crippen molar-refractivity contribution in [2.24, 2.45) is 0 Å². The maximum absolute atomic E-state index is 12.4. The van der Waals surface area contributed by atoms with Crippen LogP contribution in [0.2, 0.25) is 0 Å². The van der Waals surface area contributed by atoms with Gasteiger partial charge in [0, 0.05) is 5.69 Å². The summed E-state index contributed by atoms with van der Waals surface area (Å²) in [6, 6.07) is 11.1. The molecule has 1 atom stereocenters. The molecule has 0 radical (unpaired) electrons. The van der Waals surface area contributed by atoms with E-state index in [1.54, 1.807) is 10.7 Å². The number of ether oxygens (including phenoxy) is 1. The second-order valence-corrected chi connectivity index (χ2v) is 7.48. The van der Waals surface area contributed by atoms with E-state index >= 15 is 0 Å². The van der Waals surface area contributed by atoms with E-state index in [4.69, 9.17) is 4.74 Å². The van der Waals surface area contributed by atoms with Crippen molar-refractivity contribution in [1.29, 1.82) is 0 Å². The summed E-state index contributed by atoms with van der Waals surface area (Å²) in [5, 5.41) is 9.83. The number of nitrogens with one attached hydrogen (secondary N) is 2. The Morgan fingerprint density at radius 1 is 1.23 bits per heavy atom. The summed E-state index contributed by atoms with van der Waals surface area (Å²) < 4.78 is 7.39. The molecule has 154 valence electrons. The van der Waals surface area contributed by atoms with Crippen LogP contribution >= 0.6 is 0 Å². The topological polar surface area (TPSA) is 98.1 Å². The standard InChI is InChI=1S/C22H23N5O3/c1-13-7-14(2)21(15(3)8-13)25-20(29)11-30-17-6-4-5-16(9-17)18-10-19(28)26-22-23-12-24-27(18)22/h4-9,12,18H,10-11H2,1-3H3,(H,25,29)(H,23,24,26,28). The van der Waals surface area contributed by atoms with Gasteiger partial charge in [-0.25, -0.2) is 4.68 Å². The number of rotatable bonds is 5. The van der Waals surface area contributed by atoms with Gasteiger partial charge in [-0.3, -0.25) is 14.9 Å². The quantitative estimate of drug-likeness (QED) is 0.680. The molecule has 0 fully saturated rings. The van der Waals surface area contributed by atoms with E-state index in [9.17, 15) is 9.59 Å². The van der Waals surface area contributed by atoms with Gasteiger partial charge in [0.25, 0.3) is 5.91 Å². The molecule has 30 heavy (non-hydrogen) atoms. The van der Waals surface area contributed by atoms with Crippen LogP contribution in [0, 0.1) is 20.8 Å². The van der Waals surface area contributed by atoms with Crippen LogP contribution in [0.25, 0.3) is 0 Å². The molecule has 8 heteroatoms. The van der Waals surface area contributed by atoms with Crippen molar-refractivity contribution in [2.75, 3.05) is 17.2 Å². The Bertz CT molecular complexity index is 1100. The number of fused-ring (bicyclic) bond motifs is 1. The highest BCUT2D eigenvalue weighted by Crippen LogP contribution is 2.30. The summed E-state index contributed by atoms with van der Waals surface area (Å²) in [4.78, 5) is 28.5. The first-order valence-corrected chi connectivity index (χ1v) is 9.70. The Hall–Kier alpha value is -3.68. The fourth-order valence-corrected chi connectivity index (χ4v) is 3.78. The first-order valence-electron chi connectivity index (χ1n) is 9.70. The lowest BCUT2D eigenvalue weighted by Crippen LogP contribution is -2.29. The molecular formula is C22H23N5O3. The van der Waals surface area contributed by atoms with E-state index in [1.165, 1.54) is 6.33 Å². The maximum atomic E-state index is 12.4. The lowest BCUT2D eigenvalue weighted by Gasteiger charge is -2.24. The minimum Gasteiger partial charge on any atom is -0.484 e. The third-order valence-corrected chi connectivity index (χ3v) is 5.05.